The summed E-state index contributed by atoms with van der Waals surface area (Å²) in [6.45, 7) is 5.87. The van der Waals surface area contributed by atoms with Gasteiger partial charge in [0.15, 0.2) is 0 Å². The second kappa shape index (κ2) is 4.14. The molecule has 0 saturated carbocycles. The zero-order chi connectivity index (χ0) is 10.8. The molecule has 0 aromatic rings. The Bertz CT molecular complexity index is 294. The fraction of sp³-hybridized carbons (Fsp3) is 0.636. The smallest absolute Gasteiger partial charge is 0.253 e. The Morgan fingerprint density at radius 2 is 2.00 bits per heavy atom. The van der Waals surface area contributed by atoms with Crippen LogP contribution in [-0.4, -0.2) is 47.8 Å². The van der Waals surface area contributed by atoms with Gasteiger partial charge in [-0.1, -0.05) is 6.92 Å². The minimum atomic E-state index is -0.157. The summed E-state index contributed by atoms with van der Waals surface area (Å²) in [6, 6.07) is 0. The van der Waals surface area contributed by atoms with Crippen LogP contribution < -0.4 is 0 Å². The number of imide groups is 1. The van der Waals surface area contributed by atoms with Gasteiger partial charge in [-0.15, -0.1) is 0 Å². The second-order valence-corrected chi connectivity index (χ2v) is 4.17. The zero-order valence-corrected chi connectivity index (χ0v) is 8.98. The Balaban J connectivity index is 1.88. The lowest BCUT2D eigenvalue weighted by molar-refractivity contribution is -0.137. The Morgan fingerprint density at radius 1 is 1.33 bits per heavy atom. The van der Waals surface area contributed by atoms with Gasteiger partial charge in [0.2, 0.25) is 0 Å². The molecule has 4 heteroatoms. The molecule has 4 nitrogen and oxygen atoms in total. The zero-order valence-electron chi connectivity index (χ0n) is 8.98. The number of hydrogen-bond donors (Lipinski definition) is 0. The summed E-state index contributed by atoms with van der Waals surface area (Å²) in [7, 11) is 0. The summed E-state index contributed by atoms with van der Waals surface area (Å²) >= 11 is 0. The van der Waals surface area contributed by atoms with Crippen molar-refractivity contribution in [2.75, 3.05) is 26.2 Å². The molecule has 2 amide bonds. The third-order valence-electron chi connectivity index (χ3n) is 3.16. The molecule has 0 aromatic heterocycles. The van der Waals surface area contributed by atoms with Crippen molar-refractivity contribution in [2.24, 2.45) is 5.92 Å². The summed E-state index contributed by atoms with van der Waals surface area (Å²) in [6.07, 6.45) is 3.80. The quantitative estimate of drug-likeness (QED) is 0.624. The van der Waals surface area contributed by atoms with Gasteiger partial charge in [0, 0.05) is 25.2 Å². The molecule has 0 aliphatic carbocycles. The van der Waals surface area contributed by atoms with Crippen molar-refractivity contribution in [3.05, 3.63) is 12.2 Å². The van der Waals surface area contributed by atoms with Gasteiger partial charge in [0.05, 0.1) is 0 Å². The molecule has 2 aliphatic heterocycles. The molecule has 0 spiro atoms. The second-order valence-electron chi connectivity index (χ2n) is 4.17. The lowest BCUT2D eigenvalue weighted by Gasteiger charge is -2.19. The highest BCUT2D eigenvalue weighted by Crippen LogP contribution is 2.18. The number of likely N-dealkylation sites (tertiary alicyclic amines) is 1. The topological polar surface area (TPSA) is 40.6 Å². The number of carbonyl (C=O) groups is 2. The number of carbonyl (C=O) groups excluding carboxylic acids is 2. The van der Waals surface area contributed by atoms with Crippen LogP contribution in [-0.2, 0) is 9.59 Å². The van der Waals surface area contributed by atoms with Crippen LogP contribution in [0.5, 0.6) is 0 Å². The minimum absolute atomic E-state index is 0.157. The molecular weight excluding hydrogens is 192 g/mol. The van der Waals surface area contributed by atoms with Gasteiger partial charge in [-0.3, -0.25) is 14.5 Å². The van der Waals surface area contributed by atoms with E-state index in [4.69, 9.17) is 0 Å². The molecule has 2 rings (SSSR count). The van der Waals surface area contributed by atoms with E-state index in [0.29, 0.717) is 12.5 Å². The van der Waals surface area contributed by atoms with Crippen LogP contribution in [0.4, 0.5) is 0 Å². The summed E-state index contributed by atoms with van der Waals surface area (Å²) in [4.78, 5) is 26.4. The maximum Gasteiger partial charge on any atom is 0.253 e. The highest BCUT2D eigenvalue weighted by Gasteiger charge is 2.29. The molecule has 1 unspecified atom stereocenters. The monoisotopic (exact) mass is 208 g/mol. The van der Waals surface area contributed by atoms with Gasteiger partial charge < -0.3 is 4.90 Å². The van der Waals surface area contributed by atoms with E-state index < -0.39 is 0 Å². The summed E-state index contributed by atoms with van der Waals surface area (Å²) < 4.78 is 0. The average molecular weight is 208 g/mol. The van der Waals surface area contributed by atoms with Crippen molar-refractivity contribution in [3.63, 3.8) is 0 Å². The van der Waals surface area contributed by atoms with Crippen molar-refractivity contribution < 1.29 is 9.59 Å². The molecule has 0 bridgehead atoms. The number of rotatable bonds is 3. The van der Waals surface area contributed by atoms with Crippen molar-refractivity contribution in [1.29, 1.82) is 0 Å². The Morgan fingerprint density at radius 3 is 2.53 bits per heavy atom. The van der Waals surface area contributed by atoms with Crippen molar-refractivity contribution in [1.82, 2.24) is 9.80 Å². The molecule has 1 fully saturated rings. The van der Waals surface area contributed by atoms with Gasteiger partial charge in [-0.2, -0.15) is 0 Å². The highest BCUT2D eigenvalue weighted by molar-refractivity contribution is 6.12. The SMILES string of the molecule is CCN1CCC(CN2C(=O)C=CC2=O)C1. The fourth-order valence-corrected chi connectivity index (χ4v) is 2.22. The Labute approximate surface area is 89.5 Å². The van der Waals surface area contributed by atoms with Crippen LogP contribution in [0.3, 0.4) is 0 Å². The van der Waals surface area contributed by atoms with E-state index in [1.807, 2.05) is 0 Å². The molecule has 2 aliphatic rings. The van der Waals surface area contributed by atoms with Crippen molar-refractivity contribution >= 4 is 11.8 Å². The number of hydrogen-bond acceptors (Lipinski definition) is 3. The predicted octanol–water partition coefficient (Wildman–Crippen LogP) is 0.253. The van der Waals surface area contributed by atoms with E-state index in [9.17, 15) is 9.59 Å². The van der Waals surface area contributed by atoms with Crippen LogP contribution >= 0.6 is 0 Å². The van der Waals surface area contributed by atoms with Gasteiger partial charge in [0.25, 0.3) is 11.8 Å². The normalized spacial score (nSPS) is 27.0. The van der Waals surface area contributed by atoms with E-state index in [0.717, 1.165) is 26.1 Å². The van der Waals surface area contributed by atoms with E-state index in [-0.39, 0.29) is 11.8 Å². The molecule has 0 aromatic carbocycles. The molecule has 1 atom stereocenters. The van der Waals surface area contributed by atoms with E-state index in [1.165, 1.54) is 17.1 Å². The Kier molecular flexibility index (Phi) is 2.86. The van der Waals surface area contributed by atoms with Gasteiger partial charge in [-0.05, 0) is 25.4 Å². The van der Waals surface area contributed by atoms with Crippen molar-refractivity contribution in [2.45, 2.75) is 13.3 Å². The number of nitrogens with zero attached hydrogens (tertiary/aromatic N) is 2. The molecule has 0 radical (unpaired) electrons. The Hall–Kier alpha value is -1.16. The summed E-state index contributed by atoms with van der Waals surface area (Å²) in [5.41, 5.74) is 0. The molecule has 0 N–H and O–H groups in total. The first-order chi connectivity index (χ1) is 7.20. The minimum Gasteiger partial charge on any atom is -0.303 e. The molecule has 82 valence electrons. The van der Waals surface area contributed by atoms with E-state index in [2.05, 4.69) is 11.8 Å². The molecule has 15 heavy (non-hydrogen) atoms. The van der Waals surface area contributed by atoms with Crippen LogP contribution in [0.25, 0.3) is 0 Å². The van der Waals surface area contributed by atoms with Crippen LogP contribution in [0.1, 0.15) is 13.3 Å². The molecule has 2 heterocycles. The van der Waals surface area contributed by atoms with Gasteiger partial charge >= 0.3 is 0 Å². The maximum absolute atomic E-state index is 11.3. The lowest BCUT2D eigenvalue weighted by atomic mass is 10.1. The fourth-order valence-electron chi connectivity index (χ4n) is 2.22. The third kappa shape index (κ3) is 2.09. The third-order valence-corrected chi connectivity index (χ3v) is 3.16. The van der Waals surface area contributed by atoms with Gasteiger partial charge in [-0.25, -0.2) is 0 Å². The average Bonchev–Trinajstić information content (AvgIpc) is 2.80. The van der Waals surface area contributed by atoms with Crippen molar-refractivity contribution in [3.8, 4) is 0 Å². The van der Waals surface area contributed by atoms with E-state index in [1.54, 1.807) is 0 Å². The summed E-state index contributed by atoms with van der Waals surface area (Å²) in [5, 5.41) is 0. The standard InChI is InChI=1S/C11H16N2O2/c1-2-12-6-5-9(7-12)8-13-10(14)3-4-11(13)15/h3-4,9H,2,5-8H2,1H3. The highest BCUT2D eigenvalue weighted by atomic mass is 16.2. The first kappa shape index (κ1) is 10.4. The molecule has 1 saturated heterocycles. The number of amides is 2. The first-order valence-electron chi connectivity index (χ1n) is 5.46. The van der Waals surface area contributed by atoms with E-state index >= 15 is 0 Å². The van der Waals surface area contributed by atoms with Gasteiger partial charge in [0.1, 0.15) is 0 Å². The first-order valence-corrected chi connectivity index (χ1v) is 5.46. The van der Waals surface area contributed by atoms with Crippen LogP contribution in [0.15, 0.2) is 12.2 Å². The van der Waals surface area contributed by atoms with Crippen LogP contribution in [0, 0.1) is 5.92 Å². The maximum atomic E-state index is 11.3. The lowest BCUT2D eigenvalue weighted by Crippen LogP contribution is -2.35. The molecular formula is C11H16N2O2. The largest absolute Gasteiger partial charge is 0.303 e. The predicted molar refractivity (Wildman–Crippen MR) is 56.1 cm³/mol. The van der Waals surface area contributed by atoms with Crippen LogP contribution in [0.2, 0.25) is 0 Å². The summed E-state index contributed by atoms with van der Waals surface area (Å²) in [5.74, 6) is 0.141.